The van der Waals surface area contributed by atoms with Crippen LogP contribution in [0.25, 0.3) is 0 Å². The van der Waals surface area contributed by atoms with E-state index in [1.807, 2.05) is 6.07 Å². The van der Waals surface area contributed by atoms with Crippen LogP contribution in [-0.4, -0.2) is 10.2 Å². The molecule has 0 saturated heterocycles. The fourth-order valence-corrected chi connectivity index (χ4v) is 0.428. The first-order chi connectivity index (χ1) is 4.81. The topological polar surface area (TPSA) is 64.2 Å². The second-order valence-corrected chi connectivity index (χ2v) is 1.44. The molecule has 0 amide bonds. The zero-order valence-corrected chi connectivity index (χ0v) is 5.23. The first-order valence-electron chi connectivity index (χ1n) is 2.58. The number of aliphatic hydroxyl groups is 1. The van der Waals surface area contributed by atoms with Crippen LogP contribution in [0.4, 0.5) is 0 Å². The van der Waals surface area contributed by atoms with Crippen LogP contribution in [0.15, 0.2) is 30.3 Å². The van der Waals surface area contributed by atoms with E-state index in [0.29, 0.717) is 5.75 Å². The van der Waals surface area contributed by atoms with Crippen molar-refractivity contribution in [1.82, 2.24) is 0 Å². The summed E-state index contributed by atoms with van der Waals surface area (Å²) in [6.45, 7) is 0. The Labute approximate surface area is 58.8 Å². The van der Waals surface area contributed by atoms with Crippen LogP contribution in [0, 0.1) is 11.5 Å². The normalized spacial score (nSPS) is 6.70. The molecule has 0 radical (unpaired) electrons. The van der Waals surface area contributed by atoms with E-state index in [1.54, 1.807) is 24.3 Å². The number of hydrogen-bond donors (Lipinski definition) is 2. The fraction of sp³-hybridized carbons (Fsp3) is 0. The summed E-state index contributed by atoms with van der Waals surface area (Å²) in [5.74, 6) is 0.322. The number of para-hydroxylation sites is 1. The van der Waals surface area contributed by atoms with E-state index in [-0.39, 0.29) is 0 Å². The Morgan fingerprint density at radius 1 is 1.20 bits per heavy atom. The highest BCUT2D eigenvalue weighted by Crippen LogP contribution is 2.02. The van der Waals surface area contributed by atoms with E-state index in [2.05, 4.69) is 0 Å². The van der Waals surface area contributed by atoms with Gasteiger partial charge in [-0.15, -0.1) is 0 Å². The molecule has 3 heteroatoms. The van der Waals surface area contributed by atoms with E-state index >= 15 is 0 Å². The van der Waals surface area contributed by atoms with Gasteiger partial charge in [-0.05, 0) is 12.1 Å². The molecular weight excluding hydrogens is 130 g/mol. The smallest absolute Gasteiger partial charge is 0.283 e. The number of nitriles is 1. The number of aromatic hydroxyl groups is 1. The zero-order chi connectivity index (χ0) is 7.82. The lowest BCUT2D eigenvalue weighted by molar-refractivity contribution is 0.475. The summed E-state index contributed by atoms with van der Waals surface area (Å²) in [5.41, 5.74) is 0. The molecule has 1 rings (SSSR count). The number of phenolic OH excluding ortho intramolecular Hbond substituents is 1. The first kappa shape index (κ1) is 8.31. The number of rotatable bonds is 0. The quantitative estimate of drug-likeness (QED) is 0.528. The largest absolute Gasteiger partial charge is 0.508 e. The molecule has 0 aliphatic carbocycles. The van der Waals surface area contributed by atoms with Crippen molar-refractivity contribution in [1.29, 1.82) is 5.26 Å². The third-order valence-corrected chi connectivity index (χ3v) is 0.756. The van der Waals surface area contributed by atoms with Gasteiger partial charge in [0, 0.05) is 0 Å². The lowest BCUT2D eigenvalue weighted by Gasteiger charge is -1.82. The van der Waals surface area contributed by atoms with Gasteiger partial charge in [0.2, 0.25) is 0 Å². The summed E-state index contributed by atoms with van der Waals surface area (Å²) in [7, 11) is 0. The van der Waals surface area contributed by atoms with Crippen molar-refractivity contribution in [2.45, 2.75) is 0 Å². The molecule has 52 valence electrons. The molecule has 0 saturated carbocycles. The minimum Gasteiger partial charge on any atom is -0.508 e. The molecule has 0 heterocycles. The molecule has 0 fully saturated rings. The van der Waals surface area contributed by atoms with Crippen LogP contribution in [0.5, 0.6) is 5.75 Å². The second kappa shape index (κ2) is 5.45. The lowest BCUT2D eigenvalue weighted by Crippen LogP contribution is -1.56. The van der Waals surface area contributed by atoms with Gasteiger partial charge in [-0.3, -0.25) is 0 Å². The van der Waals surface area contributed by atoms with E-state index in [1.165, 1.54) is 0 Å². The Morgan fingerprint density at radius 3 is 1.80 bits per heavy atom. The predicted molar refractivity (Wildman–Crippen MR) is 35.7 cm³/mol. The van der Waals surface area contributed by atoms with Crippen molar-refractivity contribution in [3.05, 3.63) is 30.3 Å². The Morgan fingerprint density at radius 2 is 1.60 bits per heavy atom. The fourth-order valence-electron chi connectivity index (χ4n) is 0.428. The van der Waals surface area contributed by atoms with Crippen molar-refractivity contribution < 1.29 is 10.2 Å². The van der Waals surface area contributed by atoms with Crippen LogP contribution in [-0.2, 0) is 0 Å². The van der Waals surface area contributed by atoms with Crippen molar-refractivity contribution in [3.63, 3.8) is 0 Å². The van der Waals surface area contributed by atoms with Crippen LogP contribution >= 0.6 is 0 Å². The average Bonchev–Trinajstić information content (AvgIpc) is 1.91. The Kier molecular flexibility index (Phi) is 4.53. The van der Waals surface area contributed by atoms with E-state index < -0.39 is 0 Å². The molecule has 0 bridgehead atoms. The van der Waals surface area contributed by atoms with Crippen molar-refractivity contribution in [2.24, 2.45) is 0 Å². The van der Waals surface area contributed by atoms with Crippen LogP contribution in [0.3, 0.4) is 0 Å². The van der Waals surface area contributed by atoms with Gasteiger partial charge >= 0.3 is 0 Å². The summed E-state index contributed by atoms with van der Waals surface area (Å²) >= 11 is 0. The molecule has 1 aromatic rings. The summed E-state index contributed by atoms with van der Waals surface area (Å²) in [5, 5.41) is 22.4. The van der Waals surface area contributed by atoms with Gasteiger partial charge in [0.1, 0.15) is 5.75 Å². The molecule has 0 spiro atoms. The predicted octanol–water partition coefficient (Wildman–Crippen LogP) is 1.23. The van der Waals surface area contributed by atoms with Gasteiger partial charge in [0.15, 0.2) is 0 Å². The number of aliphatic hydroxyl groups excluding tert-OH is 1. The molecular formula is C7H7NO2. The molecule has 0 aliphatic rings. The minimum absolute atomic E-state index is 0.322. The molecule has 0 atom stereocenters. The zero-order valence-electron chi connectivity index (χ0n) is 5.23. The maximum atomic E-state index is 8.63. The number of phenols is 1. The van der Waals surface area contributed by atoms with Crippen LogP contribution in [0.2, 0.25) is 0 Å². The number of hydrogen-bond acceptors (Lipinski definition) is 3. The van der Waals surface area contributed by atoms with Crippen LogP contribution in [0.1, 0.15) is 0 Å². The van der Waals surface area contributed by atoms with Gasteiger partial charge in [-0.25, -0.2) is 0 Å². The third-order valence-electron chi connectivity index (χ3n) is 0.756. The van der Waals surface area contributed by atoms with Gasteiger partial charge in [-0.1, -0.05) is 18.2 Å². The molecule has 2 N–H and O–H groups in total. The molecule has 10 heavy (non-hydrogen) atoms. The molecule has 0 aromatic heterocycles. The summed E-state index contributed by atoms with van der Waals surface area (Å²) in [4.78, 5) is 0. The average molecular weight is 137 g/mol. The van der Waals surface area contributed by atoms with Crippen molar-refractivity contribution in [2.75, 3.05) is 0 Å². The second-order valence-electron chi connectivity index (χ2n) is 1.44. The molecule has 0 unspecified atom stereocenters. The Bertz CT molecular complexity index is 203. The lowest BCUT2D eigenvalue weighted by atomic mass is 10.3. The highest BCUT2D eigenvalue weighted by atomic mass is 16.3. The molecule has 0 aliphatic heterocycles. The van der Waals surface area contributed by atoms with E-state index in [4.69, 9.17) is 15.5 Å². The van der Waals surface area contributed by atoms with Crippen molar-refractivity contribution in [3.8, 4) is 12.0 Å². The molecule has 1 aromatic carbocycles. The minimum atomic E-state index is 0.322. The molecule has 3 nitrogen and oxygen atoms in total. The third kappa shape index (κ3) is 4.47. The van der Waals surface area contributed by atoms with E-state index in [0.717, 1.165) is 6.26 Å². The van der Waals surface area contributed by atoms with Gasteiger partial charge in [0.05, 0.1) is 0 Å². The van der Waals surface area contributed by atoms with Gasteiger partial charge in [-0.2, -0.15) is 5.26 Å². The maximum absolute atomic E-state index is 8.63. The number of benzene rings is 1. The summed E-state index contributed by atoms with van der Waals surface area (Å²) in [6.07, 6.45) is 0.750. The standard InChI is InChI=1S/C6H6O.CHNO/c7-6-4-2-1-3-5-6;2-1-3/h1-5,7H;3H. The SMILES string of the molecule is N#CO.Oc1ccccc1. The van der Waals surface area contributed by atoms with E-state index in [9.17, 15) is 0 Å². The van der Waals surface area contributed by atoms with Gasteiger partial charge < -0.3 is 10.2 Å². The first-order valence-corrected chi connectivity index (χ1v) is 2.58. The number of nitrogens with zero attached hydrogens (tertiary/aromatic N) is 1. The highest BCUT2D eigenvalue weighted by molar-refractivity contribution is 5.18. The van der Waals surface area contributed by atoms with Crippen LogP contribution < -0.4 is 0 Å². The summed E-state index contributed by atoms with van der Waals surface area (Å²) in [6, 6.07) is 8.71. The Balaban J connectivity index is 0.000000236. The van der Waals surface area contributed by atoms with Gasteiger partial charge in [0.25, 0.3) is 6.26 Å². The monoisotopic (exact) mass is 137 g/mol. The maximum Gasteiger partial charge on any atom is 0.283 e. The summed E-state index contributed by atoms with van der Waals surface area (Å²) < 4.78 is 0. The highest BCUT2D eigenvalue weighted by Gasteiger charge is 1.74. The van der Waals surface area contributed by atoms with Crippen molar-refractivity contribution >= 4 is 0 Å². The Hall–Kier alpha value is -1.69.